The van der Waals surface area contributed by atoms with Gasteiger partial charge in [0.25, 0.3) is 0 Å². The molecule has 0 radical (unpaired) electrons. The highest BCUT2D eigenvalue weighted by Gasteiger charge is 2.32. The van der Waals surface area contributed by atoms with E-state index in [9.17, 15) is 22.0 Å². The van der Waals surface area contributed by atoms with Crippen LogP contribution in [0.5, 0.6) is 0 Å². The number of piperidine rings is 1. The molecule has 1 aliphatic heterocycles. The summed E-state index contributed by atoms with van der Waals surface area (Å²) in [6.07, 6.45) is 0.659. The fourth-order valence-electron chi connectivity index (χ4n) is 3.84. The topological polar surface area (TPSA) is 69.7 Å². The first-order chi connectivity index (χ1) is 15.0. The Hall–Kier alpha value is -2.52. The molecule has 1 saturated heterocycles. The number of rotatable bonds is 6. The summed E-state index contributed by atoms with van der Waals surface area (Å²) >= 11 is 0. The SMILES string of the molecule is CC(C)c1ccc(S(=O)(=O)N2CCC(C(=O)Nc3cc(F)c(N(C)C)c(F)c3)CC2)cc1. The quantitative estimate of drug-likeness (QED) is 0.695. The molecule has 6 nitrogen and oxygen atoms in total. The van der Waals surface area contributed by atoms with Crippen LogP contribution in [-0.4, -0.2) is 45.8 Å². The number of benzene rings is 2. The Bertz CT molecular complexity index is 1060. The number of anilines is 2. The monoisotopic (exact) mass is 465 g/mol. The molecule has 1 fully saturated rings. The van der Waals surface area contributed by atoms with E-state index in [1.165, 1.54) is 23.3 Å². The number of carbonyl (C=O) groups excluding carboxylic acids is 1. The number of hydrogen-bond acceptors (Lipinski definition) is 4. The third-order valence-electron chi connectivity index (χ3n) is 5.74. The molecule has 2 aromatic carbocycles. The van der Waals surface area contributed by atoms with Gasteiger partial charge in [-0.05, 0) is 48.6 Å². The number of amides is 1. The van der Waals surface area contributed by atoms with Crippen LogP contribution in [0.25, 0.3) is 0 Å². The third kappa shape index (κ3) is 5.10. The van der Waals surface area contributed by atoms with Gasteiger partial charge in [0.05, 0.1) is 4.90 Å². The summed E-state index contributed by atoms with van der Waals surface area (Å²) in [5.41, 5.74) is 0.921. The van der Waals surface area contributed by atoms with Gasteiger partial charge in [0.2, 0.25) is 15.9 Å². The predicted octanol–water partition coefficient (Wildman–Crippen LogP) is 4.19. The molecule has 1 heterocycles. The number of nitrogens with zero attached hydrogens (tertiary/aromatic N) is 2. The minimum Gasteiger partial charge on any atom is -0.373 e. The predicted molar refractivity (Wildman–Crippen MR) is 121 cm³/mol. The number of carbonyl (C=O) groups is 1. The van der Waals surface area contributed by atoms with E-state index in [0.717, 1.165) is 17.7 Å². The molecule has 3 rings (SSSR count). The third-order valence-corrected chi connectivity index (χ3v) is 7.65. The molecule has 0 aromatic heterocycles. The molecule has 1 N–H and O–H groups in total. The summed E-state index contributed by atoms with van der Waals surface area (Å²) < 4.78 is 55.6. The molecule has 0 aliphatic carbocycles. The molecule has 0 saturated carbocycles. The lowest BCUT2D eigenvalue weighted by molar-refractivity contribution is -0.120. The van der Waals surface area contributed by atoms with Gasteiger partial charge in [-0.15, -0.1) is 0 Å². The molecule has 0 spiro atoms. The largest absolute Gasteiger partial charge is 0.373 e. The number of sulfonamides is 1. The van der Waals surface area contributed by atoms with Crippen LogP contribution in [-0.2, 0) is 14.8 Å². The zero-order chi connectivity index (χ0) is 23.6. The molecule has 2 aromatic rings. The van der Waals surface area contributed by atoms with Crippen molar-refractivity contribution in [2.45, 2.75) is 37.5 Å². The van der Waals surface area contributed by atoms with Gasteiger partial charge in [0.15, 0.2) is 11.6 Å². The van der Waals surface area contributed by atoms with Gasteiger partial charge >= 0.3 is 0 Å². The van der Waals surface area contributed by atoms with Crippen molar-refractivity contribution in [3.8, 4) is 0 Å². The van der Waals surface area contributed by atoms with Crippen LogP contribution in [0.2, 0.25) is 0 Å². The maximum Gasteiger partial charge on any atom is 0.243 e. The molecule has 9 heteroatoms. The van der Waals surface area contributed by atoms with Crippen LogP contribution in [0.4, 0.5) is 20.2 Å². The van der Waals surface area contributed by atoms with Gasteiger partial charge in [0, 0.05) is 38.8 Å². The van der Waals surface area contributed by atoms with Crippen molar-refractivity contribution in [1.82, 2.24) is 4.31 Å². The fraction of sp³-hybridized carbons (Fsp3) is 0.435. The Morgan fingerprint density at radius 2 is 1.59 bits per heavy atom. The molecule has 0 atom stereocenters. The summed E-state index contributed by atoms with van der Waals surface area (Å²) in [4.78, 5) is 14.2. The van der Waals surface area contributed by atoms with Crippen molar-refractivity contribution in [3.63, 3.8) is 0 Å². The highest BCUT2D eigenvalue weighted by Crippen LogP contribution is 2.28. The lowest BCUT2D eigenvalue weighted by Crippen LogP contribution is -2.41. The standard InChI is InChI=1S/C23H29F2N3O3S/c1-15(2)16-5-7-19(8-6-16)32(30,31)28-11-9-17(10-12-28)23(29)26-18-13-20(24)22(27(3)4)21(25)14-18/h5-8,13-15,17H,9-12H2,1-4H3,(H,26,29). The zero-order valence-electron chi connectivity index (χ0n) is 18.7. The molecule has 1 amide bonds. The summed E-state index contributed by atoms with van der Waals surface area (Å²) in [6, 6.07) is 9.02. The maximum atomic E-state index is 14.2. The van der Waals surface area contributed by atoms with Crippen molar-refractivity contribution in [1.29, 1.82) is 0 Å². The van der Waals surface area contributed by atoms with Crippen molar-refractivity contribution < 1.29 is 22.0 Å². The highest BCUT2D eigenvalue weighted by atomic mass is 32.2. The van der Waals surface area contributed by atoms with Crippen molar-refractivity contribution >= 4 is 27.3 Å². The van der Waals surface area contributed by atoms with E-state index in [2.05, 4.69) is 5.32 Å². The van der Waals surface area contributed by atoms with Gasteiger partial charge in [-0.2, -0.15) is 4.31 Å². The minimum absolute atomic E-state index is 0.0379. The number of hydrogen-bond donors (Lipinski definition) is 1. The highest BCUT2D eigenvalue weighted by molar-refractivity contribution is 7.89. The average Bonchev–Trinajstić information content (AvgIpc) is 2.73. The van der Waals surface area contributed by atoms with E-state index in [1.54, 1.807) is 12.1 Å². The van der Waals surface area contributed by atoms with Gasteiger partial charge in [-0.1, -0.05) is 26.0 Å². The summed E-state index contributed by atoms with van der Waals surface area (Å²) in [6.45, 7) is 4.49. The normalized spacial score (nSPS) is 15.7. The lowest BCUT2D eigenvalue weighted by Gasteiger charge is -2.30. The maximum absolute atomic E-state index is 14.2. The summed E-state index contributed by atoms with van der Waals surface area (Å²) in [5.74, 6) is -2.05. The first-order valence-corrected chi connectivity index (χ1v) is 12.0. The lowest BCUT2D eigenvalue weighted by atomic mass is 9.97. The van der Waals surface area contributed by atoms with Crippen LogP contribution >= 0.6 is 0 Å². The zero-order valence-corrected chi connectivity index (χ0v) is 19.5. The van der Waals surface area contributed by atoms with E-state index in [1.807, 2.05) is 26.0 Å². The van der Waals surface area contributed by atoms with Gasteiger partial charge in [-0.25, -0.2) is 17.2 Å². The van der Waals surface area contributed by atoms with E-state index in [0.29, 0.717) is 18.8 Å². The second-order valence-corrected chi connectivity index (χ2v) is 10.5. The molecular formula is C23H29F2N3O3S. The van der Waals surface area contributed by atoms with Gasteiger partial charge in [-0.3, -0.25) is 4.79 Å². The summed E-state index contributed by atoms with van der Waals surface area (Å²) in [7, 11) is -0.583. The minimum atomic E-state index is -3.64. The van der Waals surface area contributed by atoms with Gasteiger partial charge < -0.3 is 10.2 Å². The van der Waals surface area contributed by atoms with Crippen LogP contribution in [0.1, 0.15) is 38.2 Å². The van der Waals surface area contributed by atoms with Crippen LogP contribution in [0.3, 0.4) is 0 Å². The van der Waals surface area contributed by atoms with E-state index in [-0.39, 0.29) is 35.3 Å². The number of nitrogens with one attached hydrogen (secondary N) is 1. The first-order valence-electron chi connectivity index (χ1n) is 10.6. The number of halogens is 2. The smallest absolute Gasteiger partial charge is 0.243 e. The Labute approximate surface area is 188 Å². The van der Waals surface area contributed by atoms with Gasteiger partial charge in [0.1, 0.15) is 5.69 Å². The van der Waals surface area contributed by atoms with Crippen LogP contribution in [0.15, 0.2) is 41.3 Å². The summed E-state index contributed by atoms with van der Waals surface area (Å²) in [5, 5.41) is 2.56. The average molecular weight is 466 g/mol. The Morgan fingerprint density at radius 3 is 2.06 bits per heavy atom. The molecule has 174 valence electrons. The molecule has 0 bridgehead atoms. The van der Waals surface area contributed by atoms with Crippen molar-refractivity contribution in [2.75, 3.05) is 37.4 Å². The van der Waals surface area contributed by atoms with Crippen molar-refractivity contribution in [2.24, 2.45) is 5.92 Å². The molecular weight excluding hydrogens is 436 g/mol. The Kier molecular flexibility index (Phi) is 7.19. The van der Waals surface area contributed by atoms with Crippen LogP contribution in [0, 0.1) is 17.6 Å². The first kappa shape index (κ1) is 24.1. The van der Waals surface area contributed by atoms with E-state index < -0.39 is 27.6 Å². The van der Waals surface area contributed by atoms with Crippen molar-refractivity contribution in [3.05, 3.63) is 53.6 Å². The molecule has 32 heavy (non-hydrogen) atoms. The fourth-order valence-corrected chi connectivity index (χ4v) is 5.31. The Balaban J connectivity index is 1.63. The molecule has 1 aliphatic rings. The van der Waals surface area contributed by atoms with E-state index in [4.69, 9.17) is 0 Å². The molecule has 0 unspecified atom stereocenters. The second kappa shape index (κ2) is 9.54. The Morgan fingerprint density at radius 1 is 1.06 bits per heavy atom. The second-order valence-electron chi connectivity index (χ2n) is 8.57. The van der Waals surface area contributed by atoms with Crippen LogP contribution < -0.4 is 10.2 Å². The van der Waals surface area contributed by atoms with E-state index >= 15 is 0 Å².